The van der Waals surface area contributed by atoms with Gasteiger partial charge in [-0.25, -0.2) is 9.97 Å². The molecule has 0 atom stereocenters. The third-order valence-electron chi connectivity index (χ3n) is 3.59. The maximum Gasteiger partial charge on any atom is 0.321 e. The molecule has 0 unspecified atom stereocenters. The number of ether oxygens (including phenoxy) is 2. The van der Waals surface area contributed by atoms with E-state index in [4.69, 9.17) is 14.7 Å². The molecule has 0 saturated heterocycles. The number of hydrogen-bond donors (Lipinski definition) is 0. The number of nitriles is 1. The summed E-state index contributed by atoms with van der Waals surface area (Å²) in [4.78, 5) is 8.10. The Hall–Kier alpha value is -2.13. The molecular formula is C16H14BrN3O2. The van der Waals surface area contributed by atoms with Crippen LogP contribution in [0.2, 0.25) is 0 Å². The SMILES string of the molecule is N#CCC1(COc2ccc(Oc3ncc(Br)cn3)cc2)CC1. The van der Waals surface area contributed by atoms with Crippen LogP contribution in [0.3, 0.4) is 0 Å². The molecule has 2 aromatic rings. The number of halogens is 1. The van der Waals surface area contributed by atoms with Gasteiger partial charge in [-0.2, -0.15) is 5.26 Å². The molecule has 0 spiro atoms. The highest BCUT2D eigenvalue weighted by atomic mass is 79.9. The van der Waals surface area contributed by atoms with Crippen LogP contribution < -0.4 is 9.47 Å². The summed E-state index contributed by atoms with van der Waals surface area (Å²) in [6.45, 7) is 0.594. The summed E-state index contributed by atoms with van der Waals surface area (Å²) in [5.41, 5.74) is 0.0786. The van der Waals surface area contributed by atoms with Gasteiger partial charge in [0.2, 0.25) is 0 Å². The van der Waals surface area contributed by atoms with Gasteiger partial charge < -0.3 is 9.47 Å². The first-order chi connectivity index (χ1) is 10.7. The first-order valence-electron chi connectivity index (χ1n) is 6.94. The highest BCUT2D eigenvalue weighted by molar-refractivity contribution is 9.10. The van der Waals surface area contributed by atoms with Crippen molar-refractivity contribution in [2.24, 2.45) is 5.41 Å². The van der Waals surface area contributed by atoms with Crippen LogP contribution in [0.15, 0.2) is 41.1 Å². The Morgan fingerprint density at radius 2 is 1.77 bits per heavy atom. The van der Waals surface area contributed by atoms with Crippen molar-refractivity contribution in [2.75, 3.05) is 6.61 Å². The van der Waals surface area contributed by atoms with E-state index < -0.39 is 0 Å². The molecule has 0 bridgehead atoms. The van der Waals surface area contributed by atoms with Gasteiger partial charge in [-0.15, -0.1) is 0 Å². The molecule has 1 aromatic carbocycles. The smallest absolute Gasteiger partial charge is 0.321 e. The normalized spacial score (nSPS) is 14.9. The van der Waals surface area contributed by atoms with Crippen LogP contribution in [0, 0.1) is 16.7 Å². The summed E-state index contributed by atoms with van der Waals surface area (Å²) in [7, 11) is 0. The van der Waals surface area contributed by atoms with Crippen LogP contribution in [-0.2, 0) is 0 Å². The Labute approximate surface area is 137 Å². The van der Waals surface area contributed by atoms with Crippen molar-refractivity contribution in [1.29, 1.82) is 5.26 Å². The van der Waals surface area contributed by atoms with Crippen LogP contribution in [0.25, 0.3) is 0 Å². The van der Waals surface area contributed by atoms with Gasteiger partial charge in [0.05, 0.1) is 17.1 Å². The lowest BCUT2D eigenvalue weighted by Gasteiger charge is -2.13. The minimum Gasteiger partial charge on any atom is -0.493 e. The zero-order chi connectivity index (χ0) is 15.4. The van der Waals surface area contributed by atoms with E-state index in [-0.39, 0.29) is 5.41 Å². The van der Waals surface area contributed by atoms with E-state index in [9.17, 15) is 0 Å². The molecule has 0 N–H and O–H groups in total. The summed E-state index contributed by atoms with van der Waals surface area (Å²) in [5, 5.41) is 8.80. The largest absolute Gasteiger partial charge is 0.493 e. The highest BCUT2D eigenvalue weighted by Crippen LogP contribution is 2.48. The van der Waals surface area contributed by atoms with Crippen LogP contribution in [0.4, 0.5) is 0 Å². The Morgan fingerprint density at radius 3 is 2.36 bits per heavy atom. The monoisotopic (exact) mass is 359 g/mol. The van der Waals surface area contributed by atoms with Gasteiger partial charge >= 0.3 is 6.01 Å². The number of hydrogen-bond acceptors (Lipinski definition) is 5. The van der Waals surface area contributed by atoms with E-state index in [2.05, 4.69) is 32.0 Å². The number of rotatable bonds is 6. The van der Waals surface area contributed by atoms with Gasteiger partial charge in [0.1, 0.15) is 11.5 Å². The summed E-state index contributed by atoms with van der Waals surface area (Å²) in [6, 6.07) is 9.83. The van der Waals surface area contributed by atoms with E-state index in [0.29, 0.717) is 24.8 Å². The molecule has 0 amide bonds. The molecule has 112 valence electrons. The minimum atomic E-state index is 0.0786. The van der Waals surface area contributed by atoms with Crippen molar-refractivity contribution >= 4 is 15.9 Å². The van der Waals surface area contributed by atoms with Gasteiger partial charge in [-0.1, -0.05) is 0 Å². The van der Waals surface area contributed by atoms with Gasteiger partial charge in [0.15, 0.2) is 0 Å². The van der Waals surface area contributed by atoms with Gasteiger partial charge in [0, 0.05) is 24.2 Å². The van der Waals surface area contributed by atoms with Gasteiger partial charge in [-0.3, -0.25) is 0 Å². The fraction of sp³-hybridized carbons (Fsp3) is 0.312. The maximum absolute atomic E-state index is 8.80. The molecule has 1 saturated carbocycles. The predicted molar refractivity (Wildman–Crippen MR) is 83.6 cm³/mol. The second kappa shape index (κ2) is 6.32. The molecule has 1 aliphatic rings. The molecular weight excluding hydrogens is 346 g/mol. The zero-order valence-corrected chi connectivity index (χ0v) is 13.4. The number of benzene rings is 1. The quantitative estimate of drug-likeness (QED) is 0.776. The van der Waals surface area contributed by atoms with Crippen molar-refractivity contribution in [3.05, 3.63) is 41.1 Å². The summed E-state index contributed by atoms with van der Waals surface area (Å²) in [5.74, 6) is 1.42. The highest BCUT2D eigenvalue weighted by Gasteiger charge is 2.43. The average Bonchev–Trinajstić information content (AvgIpc) is 3.29. The average molecular weight is 360 g/mol. The number of nitrogens with zero attached hydrogens (tertiary/aromatic N) is 3. The fourth-order valence-corrected chi connectivity index (χ4v) is 2.22. The fourth-order valence-electron chi connectivity index (χ4n) is 2.02. The minimum absolute atomic E-state index is 0.0786. The summed E-state index contributed by atoms with van der Waals surface area (Å²) >= 11 is 3.27. The first-order valence-corrected chi connectivity index (χ1v) is 7.74. The molecule has 0 aliphatic heterocycles. The molecule has 6 heteroatoms. The zero-order valence-electron chi connectivity index (χ0n) is 11.8. The van der Waals surface area contributed by atoms with E-state index in [0.717, 1.165) is 23.1 Å². The summed E-state index contributed by atoms with van der Waals surface area (Å²) < 4.78 is 12.1. The van der Waals surface area contributed by atoms with E-state index in [1.54, 1.807) is 12.4 Å². The molecule has 1 fully saturated rings. The van der Waals surface area contributed by atoms with Crippen LogP contribution in [0.5, 0.6) is 17.5 Å². The van der Waals surface area contributed by atoms with Crippen molar-refractivity contribution in [2.45, 2.75) is 19.3 Å². The van der Waals surface area contributed by atoms with E-state index in [1.807, 2.05) is 24.3 Å². The Kier molecular flexibility index (Phi) is 4.25. The van der Waals surface area contributed by atoms with E-state index in [1.165, 1.54) is 0 Å². The lowest BCUT2D eigenvalue weighted by atomic mass is 10.1. The second-order valence-electron chi connectivity index (χ2n) is 5.38. The van der Waals surface area contributed by atoms with E-state index >= 15 is 0 Å². The molecule has 1 aromatic heterocycles. The Balaban J connectivity index is 1.56. The maximum atomic E-state index is 8.80. The standard InChI is InChI=1S/C16H14BrN3O2/c17-12-9-19-15(20-10-12)22-14-3-1-13(2-4-14)21-11-16(5-6-16)7-8-18/h1-4,9-10H,5-7,11H2. The van der Waals surface area contributed by atoms with Crippen molar-refractivity contribution in [3.63, 3.8) is 0 Å². The van der Waals surface area contributed by atoms with Crippen molar-refractivity contribution < 1.29 is 9.47 Å². The second-order valence-corrected chi connectivity index (χ2v) is 6.30. The topological polar surface area (TPSA) is 68.0 Å². The van der Waals surface area contributed by atoms with Crippen LogP contribution in [0.1, 0.15) is 19.3 Å². The van der Waals surface area contributed by atoms with Crippen molar-refractivity contribution in [1.82, 2.24) is 9.97 Å². The van der Waals surface area contributed by atoms with Gasteiger partial charge in [-0.05, 0) is 53.0 Å². The molecule has 1 aliphatic carbocycles. The lowest BCUT2D eigenvalue weighted by Crippen LogP contribution is -2.12. The van der Waals surface area contributed by atoms with Crippen molar-refractivity contribution in [3.8, 4) is 23.6 Å². The summed E-state index contributed by atoms with van der Waals surface area (Å²) in [6.07, 6.45) is 5.97. The molecule has 1 heterocycles. The third kappa shape index (κ3) is 3.74. The molecule has 3 rings (SSSR count). The Bertz CT molecular complexity index is 676. The molecule has 5 nitrogen and oxygen atoms in total. The van der Waals surface area contributed by atoms with Gasteiger partial charge in [0.25, 0.3) is 0 Å². The predicted octanol–water partition coefficient (Wildman–Crippen LogP) is 4.10. The Morgan fingerprint density at radius 1 is 1.14 bits per heavy atom. The molecule has 22 heavy (non-hydrogen) atoms. The van der Waals surface area contributed by atoms with Crippen LogP contribution in [-0.4, -0.2) is 16.6 Å². The van der Waals surface area contributed by atoms with Crippen LogP contribution >= 0.6 is 15.9 Å². The lowest BCUT2D eigenvalue weighted by molar-refractivity contribution is 0.236. The number of aromatic nitrogens is 2. The molecule has 0 radical (unpaired) electrons. The third-order valence-corrected chi connectivity index (χ3v) is 4.00. The first kappa shape index (κ1) is 14.8.